The van der Waals surface area contributed by atoms with Crippen LogP contribution in [0.4, 0.5) is 0 Å². The lowest BCUT2D eigenvalue weighted by molar-refractivity contribution is -0.140. The molecule has 2 aliphatic heterocycles. The molecule has 0 radical (unpaired) electrons. The van der Waals surface area contributed by atoms with Crippen LogP contribution in [-0.2, 0) is 24.3 Å². The number of benzene rings is 2. The van der Waals surface area contributed by atoms with Gasteiger partial charge >= 0.3 is 0 Å². The molecular formula is C26H30N2O7S. The third-order valence-corrected chi connectivity index (χ3v) is 8.50. The summed E-state index contributed by atoms with van der Waals surface area (Å²) in [7, 11) is -0.607. The molecule has 1 amide bonds. The molecule has 0 aromatic heterocycles. The number of nitrogens with zero attached hydrogens (tertiary/aromatic N) is 2. The number of hydrogen-bond acceptors (Lipinski definition) is 7. The maximum Gasteiger partial charge on any atom is 0.295 e. The molecule has 10 heteroatoms. The van der Waals surface area contributed by atoms with Crippen LogP contribution in [0.5, 0.6) is 5.75 Å². The minimum absolute atomic E-state index is 0.0621. The number of ether oxygens (including phenoxy) is 2. The van der Waals surface area contributed by atoms with Gasteiger partial charge in [0.2, 0.25) is 10.0 Å². The van der Waals surface area contributed by atoms with Crippen molar-refractivity contribution < 1.29 is 32.6 Å². The van der Waals surface area contributed by atoms with Gasteiger partial charge in [0.15, 0.2) is 0 Å². The van der Waals surface area contributed by atoms with Crippen LogP contribution >= 0.6 is 0 Å². The first-order valence-corrected chi connectivity index (χ1v) is 13.3. The van der Waals surface area contributed by atoms with Crippen LogP contribution in [0.3, 0.4) is 0 Å². The quantitative estimate of drug-likeness (QED) is 0.327. The Labute approximate surface area is 211 Å². The third-order valence-electron chi connectivity index (χ3n) is 6.59. The average Bonchev–Trinajstić information content (AvgIpc) is 3.17. The highest BCUT2D eigenvalue weighted by Crippen LogP contribution is 2.39. The van der Waals surface area contributed by atoms with E-state index in [4.69, 9.17) is 9.47 Å². The SMILES string of the molecule is COCCN1C(=O)C(=O)C(=C(O)c2ccc(S(=O)(=O)N3CCCCC3)cc2)C1c1ccc(OC)cc1. The van der Waals surface area contributed by atoms with Crippen molar-refractivity contribution in [2.24, 2.45) is 0 Å². The summed E-state index contributed by atoms with van der Waals surface area (Å²) in [5.74, 6) is -1.30. The number of Topliss-reactive ketones (excluding diaryl/α,β-unsaturated/α-hetero) is 1. The smallest absolute Gasteiger partial charge is 0.295 e. The monoisotopic (exact) mass is 514 g/mol. The number of aliphatic hydroxyl groups excluding tert-OH is 1. The fourth-order valence-corrected chi connectivity index (χ4v) is 6.14. The van der Waals surface area contributed by atoms with E-state index < -0.39 is 27.8 Å². The van der Waals surface area contributed by atoms with E-state index in [1.54, 1.807) is 24.3 Å². The molecule has 2 saturated heterocycles. The van der Waals surface area contributed by atoms with Gasteiger partial charge in [0.05, 0.1) is 30.2 Å². The molecule has 2 heterocycles. The highest BCUT2D eigenvalue weighted by atomic mass is 32.2. The Bertz CT molecular complexity index is 1250. The number of aliphatic hydroxyl groups is 1. The van der Waals surface area contributed by atoms with Gasteiger partial charge in [-0.05, 0) is 54.8 Å². The first-order valence-electron chi connectivity index (χ1n) is 11.8. The van der Waals surface area contributed by atoms with Crippen molar-refractivity contribution in [1.29, 1.82) is 0 Å². The minimum Gasteiger partial charge on any atom is -0.507 e. The van der Waals surface area contributed by atoms with Crippen LogP contribution in [-0.4, -0.2) is 74.9 Å². The Hall–Kier alpha value is -3.21. The standard InChI is InChI=1S/C26H30N2O7S/c1-34-17-16-28-23(18-6-10-20(35-2)11-7-18)22(25(30)26(28)31)24(29)19-8-12-21(13-9-19)36(32,33)27-14-4-3-5-15-27/h6-13,23,29H,3-5,14-17H2,1-2H3. The number of hydrogen-bond donors (Lipinski definition) is 1. The van der Waals surface area contributed by atoms with Gasteiger partial charge in [-0.3, -0.25) is 9.59 Å². The Morgan fingerprint density at radius 3 is 2.19 bits per heavy atom. The average molecular weight is 515 g/mol. The van der Waals surface area contributed by atoms with Crippen LogP contribution in [0, 0.1) is 0 Å². The lowest BCUT2D eigenvalue weighted by Gasteiger charge is -2.26. The molecular weight excluding hydrogens is 484 g/mol. The number of sulfonamides is 1. The molecule has 0 saturated carbocycles. The third kappa shape index (κ3) is 4.88. The molecule has 2 aliphatic rings. The molecule has 0 bridgehead atoms. The summed E-state index contributed by atoms with van der Waals surface area (Å²) in [5, 5.41) is 11.2. The zero-order chi connectivity index (χ0) is 25.9. The molecule has 1 unspecified atom stereocenters. The van der Waals surface area contributed by atoms with Gasteiger partial charge in [-0.15, -0.1) is 0 Å². The van der Waals surface area contributed by atoms with Gasteiger partial charge in [-0.25, -0.2) is 8.42 Å². The van der Waals surface area contributed by atoms with Gasteiger partial charge in [0, 0.05) is 32.3 Å². The second-order valence-electron chi connectivity index (χ2n) is 8.75. The first-order chi connectivity index (χ1) is 17.3. The van der Waals surface area contributed by atoms with Crippen molar-refractivity contribution in [3.63, 3.8) is 0 Å². The predicted octanol–water partition coefficient (Wildman–Crippen LogP) is 2.94. The van der Waals surface area contributed by atoms with Crippen molar-refractivity contribution in [3.05, 3.63) is 65.2 Å². The second kappa shape index (κ2) is 10.8. The normalized spacial score (nSPS) is 20.6. The van der Waals surface area contributed by atoms with Gasteiger partial charge in [-0.2, -0.15) is 4.31 Å². The summed E-state index contributed by atoms with van der Waals surface area (Å²) in [6.07, 6.45) is 2.66. The summed E-state index contributed by atoms with van der Waals surface area (Å²) in [5.41, 5.74) is 0.806. The van der Waals surface area contributed by atoms with Crippen LogP contribution < -0.4 is 4.74 Å². The van der Waals surface area contributed by atoms with E-state index in [1.807, 2.05) is 0 Å². The number of carbonyl (C=O) groups excluding carboxylic acids is 2. The number of ketones is 1. The molecule has 0 aliphatic carbocycles. The maximum absolute atomic E-state index is 13.1. The fraction of sp³-hybridized carbons (Fsp3) is 0.385. The van der Waals surface area contributed by atoms with E-state index >= 15 is 0 Å². The number of piperidine rings is 1. The molecule has 1 atom stereocenters. The Balaban J connectivity index is 1.73. The van der Waals surface area contributed by atoms with E-state index in [2.05, 4.69) is 0 Å². The van der Waals surface area contributed by atoms with E-state index in [1.165, 1.54) is 47.7 Å². The number of rotatable bonds is 8. The van der Waals surface area contributed by atoms with Gasteiger partial charge in [0.1, 0.15) is 11.5 Å². The lowest BCUT2D eigenvalue weighted by atomic mass is 9.95. The molecule has 2 aromatic rings. The van der Waals surface area contributed by atoms with Crippen LogP contribution in [0.2, 0.25) is 0 Å². The highest BCUT2D eigenvalue weighted by molar-refractivity contribution is 7.89. The summed E-state index contributed by atoms with van der Waals surface area (Å²) in [4.78, 5) is 27.4. The van der Waals surface area contributed by atoms with Crippen molar-refractivity contribution in [2.75, 3.05) is 40.5 Å². The van der Waals surface area contributed by atoms with E-state index in [-0.39, 0.29) is 34.9 Å². The summed E-state index contributed by atoms with van der Waals surface area (Å²) in [6.45, 7) is 1.33. The van der Waals surface area contributed by atoms with Crippen LogP contribution in [0.1, 0.15) is 36.4 Å². The largest absolute Gasteiger partial charge is 0.507 e. The second-order valence-corrected chi connectivity index (χ2v) is 10.7. The fourth-order valence-electron chi connectivity index (χ4n) is 4.63. The molecule has 192 valence electrons. The van der Waals surface area contributed by atoms with E-state index in [9.17, 15) is 23.1 Å². The maximum atomic E-state index is 13.1. The molecule has 0 spiro atoms. The van der Waals surface area contributed by atoms with E-state index in [0.29, 0.717) is 24.4 Å². The highest BCUT2D eigenvalue weighted by Gasteiger charge is 2.45. The molecule has 9 nitrogen and oxygen atoms in total. The topological polar surface area (TPSA) is 113 Å². The van der Waals surface area contributed by atoms with Gasteiger partial charge in [-0.1, -0.05) is 18.6 Å². The first kappa shape index (κ1) is 25.9. The lowest BCUT2D eigenvalue weighted by Crippen LogP contribution is -2.35. The van der Waals surface area contributed by atoms with E-state index in [0.717, 1.165) is 19.3 Å². The summed E-state index contributed by atoms with van der Waals surface area (Å²) >= 11 is 0. The summed E-state index contributed by atoms with van der Waals surface area (Å²) < 4.78 is 37.8. The van der Waals surface area contributed by atoms with Crippen molar-refractivity contribution in [1.82, 2.24) is 9.21 Å². The number of likely N-dealkylation sites (tertiary alicyclic amines) is 1. The zero-order valence-corrected chi connectivity index (χ0v) is 21.2. The minimum atomic E-state index is -3.64. The van der Waals surface area contributed by atoms with Crippen molar-refractivity contribution in [3.8, 4) is 5.75 Å². The number of carbonyl (C=O) groups is 2. The zero-order valence-electron chi connectivity index (χ0n) is 20.3. The molecule has 1 N–H and O–H groups in total. The van der Waals surface area contributed by atoms with Crippen molar-refractivity contribution >= 4 is 27.5 Å². The van der Waals surface area contributed by atoms with Gasteiger partial charge < -0.3 is 19.5 Å². The molecule has 2 aromatic carbocycles. The number of methoxy groups -OCH3 is 2. The van der Waals surface area contributed by atoms with Crippen molar-refractivity contribution in [2.45, 2.75) is 30.2 Å². The number of amides is 1. The molecule has 4 rings (SSSR count). The Morgan fingerprint density at radius 2 is 1.61 bits per heavy atom. The predicted molar refractivity (Wildman–Crippen MR) is 133 cm³/mol. The molecule has 2 fully saturated rings. The van der Waals surface area contributed by atoms with Gasteiger partial charge in [0.25, 0.3) is 11.7 Å². The summed E-state index contributed by atoms with van der Waals surface area (Å²) in [6, 6.07) is 11.8. The van der Waals surface area contributed by atoms with Crippen LogP contribution in [0.25, 0.3) is 5.76 Å². The Kier molecular flexibility index (Phi) is 7.77. The molecule has 36 heavy (non-hydrogen) atoms. The van der Waals surface area contributed by atoms with Crippen LogP contribution in [0.15, 0.2) is 59.0 Å². The Morgan fingerprint density at radius 1 is 0.972 bits per heavy atom.